The zero-order chi connectivity index (χ0) is 20.0. The van der Waals surface area contributed by atoms with E-state index in [-0.39, 0.29) is 5.82 Å². The van der Waals surface area contributed by atoms with Crippen molar-refractivity contribution in [3.63, 3.8) is 0 Å². The number of H-pyrrole nitrogens is 1. The summed E-state index contributed by atoms with van der Waals surface area (Å²) < 4.78 is 13.5. The predicted molar refractivity (Wildman–Crippen MR) is 113 cm³/mol. The number of benzene rings is 1. The van der Waals surface area contributed by atoms with Crippen molar-refractivity contribution in [1.82, 2.24) is 9.97 Å². The second kappa shape index (κ2) is 6.91. The number of carbonyl (C=O) groups excluding carboxylic acids is 1. The summed E-state index contributed by atoms with van der Waals surface area (Å²) in [7, 11) is 0. The summed E-state index contributed by atoms with van der Waals surface area (Å²) in [6.07, 6.45) is 8.32. The van der Waals surface area contributed by atoms with Gasteiger partial charge in [0.15, 0.2) is 0 Å². The number of aromatic nitrogens is 2. The van der Waals surface area contributed by atoms with Gasteiger partial charge in [-0.05, 0) is 55.4 Å². The maximum Gasteiger partial charge on any atom is 0.323 e. The Bertz CT molecular complexity index is 1080. The third-order valence-electron chi connectivity index (χ3n) is 6.05. The molecule has 2 aromatic heterocycles. The van der Waals surface area contributed by atoms with E-state index in [4.69, 9.17) is 11.6 Å². The van der Waals surface area contributed by atoms with E-state index >= 15 is 0 Å². The molecule has 1 saturated carbocycles. The Labute approximate surface area is 172 Å². The number of piperidine rings is 1. The first-order valence-electron chi connectivity index (χ1n) is 9.77. The smallest absolute Gasteiger partial charge is 0.323 e. The molecule has 150 valence electrons. The van der Waals surface area contributed by atoms with Crippen LogP contribution in [0.2, 0.25) is 5.02 Å². The maximum absolute atomic E-state index is 13.5. The molecule has 3 heterocycles. The molecule has 1 saturated heterocycles. The van der Waals surface area contributed by atoms with Gasteiger partial charge in [0, 0.05) is 30.2 Å². The lowest BCUT2D eigenvalue weighted by atomic mass is 9.94. The van der Waals surface area contributed by atoms with Crippen molar-refractivity contribution < 1.29 is 9.18 Å². The van der Waals surface area contributed by atoms with Crippen LogP contribution in [0.4, 0.5) is 26.4 Å². The van der Waals surface area contributed by atoms with Crippen LogP contribution in [0.5, 0.6) is 0 Å². The van der Waals surface area contributed by atoms with E-state index in [1.165, 1.54) is 37.8 Å². The lowest BCUT2D eigenvalue weighted by Crippen LogP contribution is -2.35. The van der Waals surface area contributed by atoms with Gasteiger partial charge in [0.05, 0.1) is 22.6 Å². The highest BCUT2D eigenvalue weighted by atomic mass is 35.5. The van der Waals surface area contributed by atoms with Crippen LogP contribution in [0, 0.1) is 11.2 Å². The summed E-state index contributed by atoms with van der Waals surface area (Å²) in [6.45, 7) is 1.94. The highest BCUT2D eigenvalue weighted by Gasteiger charge is 2.44. The molecular weight excluding hydrogens is 393 g/mol. The van der Waals surface area contributed by atoms with Crippen LogP contribution < -0.4 is 15.5 Å². The van der Waals surface area contributed by atoms with Gasteiger partial charge < -0.3 is 20.5 Å². The van der Waals surface area contributed by atoms with Gasteiger partial charge in [-0.15, -0.1) is 0 Å². The van der Waals surface area contributed by atoms with Crippen molar-refractivity contribution in [3.05, 3.63) is 47.5 Å². The summed E-state index contributed by atoms with van der Waals surface area (Å²) in [5, 5.41) is 6.57. The molecule has 5 rings (SSSR count). The van der Waals surface area contributed by atoms with Crippen LogP contribution in [0.25, 0.3) is 10.9 Å². The average Bonchev–Trinajstić information content (AvgIpc) is 3.34. The molecule has 2 aliphatic rings. The predicted octanol–water partition coefficient (Wildman–Crippen LogP) is 5.38. The zero-order valence-corrected chi connectivity index (χ0v) is 16.5. The highest BCUT2D eigenvalue weighted by molar-refractivity contribution is 6.33. The summed E-state index contributed by atoms with van der Waals surface area (Å²) in [4.78, 5) is 22.1. The molecule has 0 bridgehead atoms. The van der Waals surface area contributed by atoms with Crippen molar-refractivity contribution in [2.45, 2.75) is 25.7 Å². The molecule has 1 aromatic carbocycles. The quantitative estimate of drug-likeness (QED) is 0.539. The first kappa shape index (κ1) is 18.2. The molecule has 0 atom stereocenters. The molecule has 0 radical (unpaired) electrons. The number of urea groups is 1. The van der Waals surface area contributed by atoms with E-state index < -0.39 is 6.03 Å². The largest absolute Gasteiger partial charge is 0.359 e. The van der Waals surface area contributed by atoms with Gasteiger partial charge in [-0.25, -0.2) is 14.2 Å². The molecule has 1 aliphatic heterocycles. The Balaban J connectivity index is 1.26. The Morgan fingerprint density at radius 3 is 2.69 bits per heavy atom. The van der Waals surface area contributed by atoms with E-state index in [2.05, 4.69) is 25.5 Å². The van der Waals surface area contributed by atoms with Crippen molar-refractivity contribution in [2.24, 2.45) is 5.41 Å². The molecule has 1 spiro atoms. The van der Waals surface area contributed by atoms with Gasteiger partial charge in [0.25, 0.3) is 0 Å². The van der Waals surface area contributed by atoms with Crippen LogP contribution in [0.15, 0.2) is 36.7 Å². The van der Waals surface area contributed by atoms with Crippen LogP contribution in [-0.4, -0.2) is 29.1 Å². The van der Waals surface area contributed by atoms with Crippen LogP contribution in [0.3, 0.4) is 0 Å². The van der Waals surface area contributed by atoms with Crippen molar-refractivity contribution in [2.75, 3.05) is 28.6 Å². The number of nitrogens with zero attached hydrogens (tertiary/aromatic N) is 2. The maximum atomic E-state index is 13.5. The van der Waals surface area contributed by atoms with Crippen LogP contribution in [0.1, 0.15) is 25.7 Å². The fourth-order valence-electron chi connectivity index (χ4n) is 4.08. The molecular formula is C21H21ClFN5O. The molecule has 2 amide bonds. The monoisotopic (exact) mass is 413 g/mol. The highest BCUT2D eigenvalue weighted by Crippen LogP contribution is 2.54. The first-order valence-corrected chi connectivity index (χ1v) is 10.1. The number of amides is 2. The fraction of sp³-hybridized carbons (Fsp3) is 0.333. The standard InChI is InChI=1S/C21H21ClFN5O/c22-16-10-14(11-25-19(16)28-7-5-21(3-4-21)6-8-28)26-20(29)27-18-12-24-17-2-1-13(23)9-15(17)18/h1-2,9-12,24H,3-8H2,(H2,26,27,29). The molecule has 1 aliphatic carbocycles. The molecule has 3 aromatic rings. The Morgan fingerprint density at radius 2 is 1.97 bits per heavy atom. The van der Waals surface area contributed by atoms with Crippen LogP contribution in [-0.2, 0) is 0 Å². The number of fused-ring (bicyclic) bond motifs is 1. The van der Waals surface area contributed by atoms with E-state index in [1.807, 2.05) is 0 Å². The molecule has 29 heavy (non-hydrogen) atoms. The third kappa shape index (κ3) is 3.62. The van der Waals surface area contributed by atoms with Gasteiger partial charge in [0.2, 0.25) is 0 Å². The van der Waals surface area contributed by atoms with Crippen molar-refractivity contribution in [3.8, 4) is 0 Å². The minimum Gasteiger partial charge on any atom is -0.359 e. The molecule has 2 fully saturated rings. The average molecular weight is 414 g/mol. The minimum absolute atomic E-state index is 0.363. The summed E-state index contributed by atoms with van der Waals surface area (Å²) in [6, 6.07) is 5.63. The second-order valence-electron chi connectivity index (χ2n) is 7.99. The van der Waals surface area contributed by atoms with E-state index in [1.54, 1.807) is 24.5 Å². The Morgan fingerprint density at radius 1 is 1.17 bits per heavy atom. The topological polar surface area (TPSA) is 73.1 Å². The van der Waals surface area contributed by atoms with Gasteiger partial charge in [-0.2, -0.15) is 0 Å². The number of hydrogen-bond acceptors (Lipinski definition) is 3. The Kier molecular flexibility index (Phi) is 4.35. The number of halogens is 2. The first-order chi connectivity index (χ1) is 14.0. The number of carbonyl (C=O) groups is 1. The summed E-state index contributed by atoms with van der Waals surface area (Å²) >= 11 is 6.45. The normalized spacial score (nSPS) is 17.5. The number of pyridine rings is 1. The second-order valence-corrected chi connectivity index (χ2v) is 8.40. The number of aromatic amines is 1. The zero-order valence-electron chi connectivity index (χ0n) is 15.8. The molecule has 0 unspecified atom stereocenters. The van der Waals surface area contributed by atoms with Crippen molar-refractivity contribution >= 4 is 45.7 Å². The van der Waals surface area contributed by atoms with Crippen LogP contribution >= 0.6 is 11.6 Å². The van der Waals surface area contributed by atoms with Gasteiger partial charge in [-0.1, -0.05) is 11.6 Å². The van der Waals surface area contributed by atoms with Crippen molar-refractivity contribution in [1.29, 1.82) is 0 Å². The lowest BCUT2D eigenvalue weighted by molar-refractivity contribution is 0.262. The third-order valence-corrected chi connectivity index (χ3v) is 6.33. The minimum atomic E-state index is -0.450. The number of nitrogens with one attached hydrogen (secondary N) is 3. The Hall–Kier alpha value is -2.80. The van der Waals surface area contributed by atoms with E-state index in [9.17, 15) is 9.18 Å². The van der Waals surface area contributed by atoms with Gasteiger partial charge in [0.1, 0.15) is 11.6 Å². The molecule has 6 nitrogen and oxygen atoms in total. The summed E-state index contributed by atoms with van der Waals surface area (Å²) in [5.41, 5.74) is 2.33. The molecule has 3 N–H and O–H groups in total. The van der Waals surface area contributed by atoms with E-state index in [0.29, 0.717) is 27.2 Å². The SMILES string of the molecule is O=C(Nc1cnc(N2CCC3(CC2)CC3)c(Cl)c1)Nc1c[nH]c2ccc(F)cc12. The van der Waals surface area contributed by atoms with Gasteiger partial charge in [-0.3, -0.25) is 0 Å². The summed E-state index contributed by atoms with van der Waals surface area (Å²) in [5.74, 6) is 0.401. The van der Waals surface area contributed by atoms with Gasteiger partial charge >= 0.3 is 6.03 Å². The number of anilines is 3. The fourth-order valence-corrected chi connectivity index (χ4v) is 4.37. The van der Waals surface area contributed by atoms with E-state index in [0.717, 1.165) is 24.4 Å². The lowest BCUT2D eigenvalue weighted by Gasteiger charge is -2.33. The molecule has 8 heteroatoms. The number of rotatable bonds is 3. The number of hydrogen-bond donors (Lipinski definition) is 3.